The minimum atomic E-state index is -1.20. The van der Waals surface area contributed by atoms with Gasteiger partial charge in [-0.05, 0) is 0 Å². The Morgan fingerprint density at radius 1 is 0.739 bits per heavy atom. The molecular formula is C20H36IPPd. The molecule has 0 nitrogen and oxygen atoms in total. The number of aryl methyl sites for hydroxylation is 2. The van der Waals surface area contributed by atoms with Gasteiger partial charge in [-0.25, -0.2) is 0 Å². The average molecular weight is 541 g/mol. The van der Waals surface area contributed by atoms with E-state index in [1.165, 1.54) is 11.1 Å². The van der Waals surface area contributed by atoms with Crippen LogP contribution < -0.4 is 20.7 Å². The minimum Gasteiger partial charge on any atom is 0 e. The summed E-state index contributed by atoms with van der Waals surface area (Å²) < 4.78 is 1.66. The van der Waals surface area contributed by atoms with E-state index in [-0.39, 0.29) is 41.1 Å². The first kappa shape index (κ1) is 24.0. The van der Waals surface area contributed by atoms with Crippen molar-refractivity contribution in [1.82, 2.24) is 0 Å². The van der Waals surface area contributed by atoms with Crippen molar-refractivity contribution in [2.75, 3.05) is 0 Å². The van der Waals surface area contributed by atoms with E-state index in [1.807, 2.05) is 0 Å². The van der Waals surface area contributed by atoms with Crippen LogP contribution in [0.4, 0.5) is 0 Å². The van der Waals surface area contributed by atoms with E-state index >= 15 is 0 Å². The van der Waals surface area contributed by atoms with E-state index in [0.29, 0.717) is 15.5 Å². The third-order valence-electron chi connectivity index (χ3n) is 4.30. The van der Waals surface area contributed by atoms with E-state index in [4.69, 9.17) is 0 Å². The first-order valence-electron chi connectivity index (χ1n) is 8.27. The summed E-state index contributed by atoms with van der Waals surface area (Å²) in [5.41, 5.74) is 2.89. The summed E-state index contributed by atoms with van der Waals surface area (Å²) in [6.45, 7) is 27.0. The van der Waals surface area contributed by atoms with Crippen LogP contribution in [0.25, 0.3) is 0 Å². The number of hydrogen-bond acceptors (Lipinski definition) is 0. The molecule has 0 N–H and O–H groups in total. The van der Waals surface area contributed by atoms with Gasteiger partial charge in [0.1, 0.15) is 0 Å². The summed E-state index contributed by atoms with van der Waals surface area (Å²) >= 11 is -0.0186. The maximum atomic E-state index is 2.50. The van der Waals surface area contributed by atoms with Gasteiger partial charge in [-0.2, -0.15) is 0 Å². The molecule has 0 atom stereocenters. The van der Waals surface area contributed by atoms with E-state index in [0.717, 1.165) is 0 Å². The molecule has 0 aliphatic rings. The Balaban J connectivity index is 0.00000484. The fourth-order valence-electron chi connectivity index (χ4n) is 4.43. The molecule has 1 rings (SSSR count). The second kappa shape index (κ2) is 7.74. The normalized spacial score (nSPS) is 13.9. The Morgan fingerprint density at radius 3 is 1.43 bits per heavy atom. The van der Waals surface area contributed by atoms with E-state index in [1.54, 1.807) is 3.57 Å². The van der Waals surface area contributed by atoms with Gasteiger partial charge in [-0.3, -0.25) is 0 Å². The molecule has 0 saturated carbocycles. The molecule has 0 heterocycles. The second-order valence-electron chi connectivity index (χ2n) is 9.44. The summed E-state index contributed by atoms with van der Waals surface area (Å²) in [4.78, 5) is -1.20. The minimum absolute atomic E-state index is 0. The molecule has 1 aromatic rings. The van der Waals surface area contributed by atoms with Gasteiger partial charge in [0.05, 0.1) is 0 Å². The zero-order valence-electron chi connectivity index (χ0n) is 16.9. The standard InChI is InChI=1S/C20H36IP.Pd/c1-15-12-13-17(16(2)14-15)21-22(18(3,4)5,19(6,7)8)20(9,10)11;/h12-14H,1-11H3;. The fraction of sp³-hybridized carbons (Fsp3) is 0.700. The first-order valence-corrected chi connectivity index (χ1v) is 13.9. The Hall–Kier alpha value is 1.04. The third-order valence-corrected chi connectivity index (χ3v) is 28.3. The van der Waals surface area contributed by atoms with Crippen LogP contribution in [0.1, 0.15) is 73.4 Å². The molecular weight excluding hydrogens is 505 g/mol. The van der Waals surface area contributed by atoms with Crippen LogP contribution in [0.5, 0.6) is 0 Å². The average Bonchev–Trinajstić information content (AvgIpc) is 2.22. The van der Waals surface area contributed by atoms with Crippen LogP contribution in [-0.4, -0.2) is 15.5 Å². The molecule has 23 heavy (non-hydrogen) atoms. The number of halogens is 1. The van der Waals surface area contributed by atoms with Gasteiger partial charge in [-0.1, -0.05) is 0 Å². The second-order valence-corrected chi connectivity index (χ2v) is 21.8. The molecule has 0 unspecified atom stereocenters. The molecule has 3 heteroatoms. The van der Waals surface area contributed by atoms with Gasteiger partial charge in [-0.15, -0.1) is 0 Å². The van der Waals surface area contributed by atoms with Gasteiger partial charge < -0.3 is 0 Å². The van der Waals surface area contributed by atoms with Crippen molar-refractivity contribution in [3.8, 4) is 0 Å². The molecule has 138 valence electrons. The molecule has 0 saturated heterocycles. The zero-order valence-corrected chi connectivity index (χ0v) is 21.5. The summed E-state index contributed by atoms with van der Waals surface area (Å²) in [5, 5.41) is 1.15. The maximum absolute atomic E-state index is 2.50. The van der Waals surface area contributed by atoms with Crippen LogP contribution in [0.15, 0.2) is 18.2 Å². The topological polar surface area (TPSA) is 0 Å². The predicted octanol–water partition coefficient (Wildman–Crippen LogP) is 3.89. The molecule has 0 amide bonds. The summed E-state index contributed by atoms with van der Waals surface area (Å²) in [6, 6.07) is 7.11. The van der Waals surface area contributed by atoms with Crippen molar-refractivity contribution in [3.63, 3.8) is 0 Å². The van der Waals surface area contributed by atoms with Crippen molar-refractivity contribution in [1.29, 1.82) is 0 Å². The quantitative estimate of drug-likeness (QED) is 0.303. The fourth-order valence-corrected chi connectivity index (χ4v) is 22.5. The van der Waals surface area contributed by atoms with Crippen molar-refractivity contribution < 1.29 is 41.1 Å². The monoisotopic (exact) mass is 540 g/mol. The largest absolute Gasteiger partial charge is 0 e. The number of hydrogen-bond donors (Lipinski definition) is 0. The molecule has 1 aromatic carbocycles. The Morgan fingerprint density at radius 2 is 1.13 bits per heavy atom. The smallest absolute Gasteiger partial charge is 0 e. The predicted molar refractivity (Wildman–Crippen MR) is 101 cm³/mol. The molecule has 0 radical (unpaired) electrons. The van der Waals surface area contributed by atoms with Crippen LogP contribution in [0, 0.1) is 17.4 Å². The van der Waals surface area contributed by atoms with Crippen LogP contribution in [0.3, 0.4) is 0 Å². The van der Waals surface area contributed by atoms with E-state index in [2.05, 4.69) is 94.4 Å². The number of rotatable bonds is 2. The van der Waals surface area contributed by atoms with Crippen molar-refractivity contribution >= 4 is 4.90 Å². The molecule has 0 bridgehead atoms. The Labute approximate surface area is 169 Å². The van der Waals surface area contributed by atoms with Crippen molar-refractivity contribution in [2.24, 2.45) is 0 Å². The Kier molecular flexibility index (Phi) is 8.09. The SMILES string of the molecule is Cc1ccc([I-][P+](C(C)(C)C)(C(C)(C)C)C(C)(C)C)c(C)c1.[Pd]. The zero-order chi connectivity index (χ0) is 17.6. The van der Waals surface area contributed by atoms with Crippen LogP contribution >= 0.6 is 4.90 Å². The summed E-state index contributed by atoms with van der Waals surface area (Å²) in [6.07, 6.45) is 0. The van der Waals surface area contributed by atoms with Crippen molar-refractivity contribution in [2.45, 2.75) is 91.6 Å². The maximum Gasteiger partial charge on any atom is 0 e. The van der Waals surface area contributed by atoms with Gasteiger partial charge in [0, 0.05) is 20.4 Å². The van der Waals surface area contributed by atoms with E-state index in [9.17, 15) is 0 Å². The Bertz CT molecular complexity index is 494. The van der Waals surface area contributed by atoms with Crippen LogP contribution in [-0.2, 0) is 20.4 Å². The molecule has 0 fully saturated rings. The summed E-state index contributed by atoms with van der Waals surface area (Å²) in [7, 11) is 0. The van der Waals surface area contributed by atoms with Gasteiger partial charge in [0.15, 0.2) is 0 Å². The van der Waals surface area contributed by atoms with Crippen molar-refractivity contribution in [3.05, 3.63) is 32.9 Å². The molecule has 0 aliphatic carbocycles. The van der Waals surface area contributed by atoms with Gasteiger partial charge in [0.25, 0.3) is 0 Å². The summed E-state index contributed by atoms with van der Waals surface area (Å²) in [5.74, 6) is 0. The number of benzene rings is 1. The van der Waals surface area contributed by atoms with Crippen LogP contribution in [0.2, 0.25) is 0 Å². The first-order chi connectivity index (χ1) is 9.63. The van der Waals surface area contributed by atoms with Gasteiger partial charge in [0.2, 0.25) is 0 Å². The molecule has 0 spiro atoms. The van der Waals surface area contributed by atoms with E-state index < -0.39 is 4.90 Å². The third kappa shape index (κ3) is 4.81. The van der Waals surface area contributed by atoms with Gasteiger partial charge >= 0.3 is 150 Å². The molecule has 0 aliphatic heterocycles. The molecule has 0 aromatic heterocycles.